The molecule has 2 aromatic rings. The first-order chi connectivity index (χ1) is 14.5. The molecular weight excluding hydrogens is 384 g/mol. The first kappa shape index (κ1) is 19.8. The van der Waals surface area contributed by atoms with Crippen LogP contribution in [0.2, 0.25) is 0 Å². The van der Waals surface area contributed by atoms with E-state index < -0.39 is 11.8 Å². The van der Waals surface area contributed by atoms with Gasteiger partial charge in [0.15, 0.2) is 0 Å². The maximum absolute atomic E-state index is 12.5. The maximum Gasteiger partial charge on any atom is 0.262 e. The van der Waals surface area contributed by atoms with E-state index in [0.29, 0.717) is 36.3 Å². The van der Waals surface area contributed by atoms with E-state index in [1.165, 1.54) is 0 Å². The second kappa shape index (κ2) is 8.44. The van der Waals surface area contributed by atoms with E-state index in [0.717, 1.165) is 17.7 Å². The van der Waals surface area contributed by atoms with Crippen LogP contribution in [0.3, 0.4) is 0 Å². The van der Waals surface area contributed by atoms with Crippen molar-refractivity contribution in [1.29, 1.82) is 0 Å². The molecule has 1 aromatic heterocycles. The van der Waals surface area contributed by atoms with Crippen molar-refractivity contribution < 1.29 is 19.2 Å². The lowest BCUT2D eigenvalue weighted by molar-refractivity contribution is -0.121. The van der Waals surface area contributed by atoms with Crippen molar-refractivity contribution in [2.75, 3.05) is 26.2 Å². The molecule has 154 valence electrons. The molecule has 8 heteroatoms. The number of carbonyl (C=O) groups excluding carboxylic acids is 4. The van der Waals surface area contributed by atoms with Crippen LogP contribution in [-0.4, -0.2) is 64.6 Å². The molecule has 2 aliphatic rings. The molecule has 3 heterocycles. The van der Waals surface area contributed by atoms with Gasteiger partial charge in [-0.1, -0.05) is 12.1 Å². The molecule has 4 rings (SSSR count). The molecule has 0 atom stereocenters. The Bertz CT molecular complexity index is 949. The lowest BCUT2D eigenvalue weighted by Crippen LogP contribution is -2.44. The Morgan fingerprint density at radius 2 is 1.67 bits per heavy atom. The average Bonchev–Trinajstić information content (AvgIpc) is 3.03. The summed E-state index contributed by atoms with van der Waals surface area (Å²) in [6.07, 6.45) is 4.75. The van der Waals surface area contributed by atoms with Gasteiger partial charge in [0.1, 0.15) is 6.54 Å². The van der Waals surface area contributed by atoms with E-state index in [1.807, 2.05) is 0 Å². The van der Waals surface area contributed by atoms with Crippen molar-refractivity contribution in [3.05, 3.63) is 65.5 Å². The third-order valence-corrected chi connectivity index (χ3v) is 5.58. The molecule has 0 saturated carbocycles. The van der Waals surface area contributed by atoms with E-state index in [1.54, 1.807) is 53.7 Å². The van der Waals surface area contributed by atoms with E-state index in [4.69, 9.17) is 0 Å². The second-order valence-electron chi connectivity index (χ2n) is 7.52. The number of rotatable bonds is 5. The van der Waals surface area contributed by atoms with Gasteiger partial charge in [0, 0.05) is 32.0 Å². The van der Waals surface area contributed by atoms with Crippen LogP contribution in [0.5, 0.6) is 0 Å². The van der Waals surface area contributed by atoms with E-state index in [2.05, 4.69) is 10.3 Å². The molecule has 1 N–H and O–H groups in total. The number of amides is 4. The lowest BCUT2D eigenvalue weighted by Gasteiger charge is -2.32. The Morgan fingerprint density at radius 3 is 2.27 bits per heavy atom. The van der Waals surface area contributed by atoms with Gasteiger partial charge in [-0.3, -0.25) is 29.1 Å². The number of nitrogens with zero attached hydrogens (tertiary/aromatic N) is 3. The van der Waals surface area contributed by atoms with Crippen molar-refractivity contribution >= 4 is 23.6 Å². The van der Waals surface area contributed by atoms with Gasteiger partial charge in [-0.15, -0.1) is 0 Å². The van der Waals surface area contributed by atoms with Crippen LogP contribution < -0.4 is 5.32 Å². The quantitative estimate of drug-likeness (QED) is 0.756. The predicted molar refractivity (Wildman–Crippen MR) is 108 cm³/mol. The first-order valence-corrected chi connectivity index (χ1v) is 9.96. The number of piperidine rings is 1. The highest BCUT2D eigenvalue weighted by Crippen LogP contribution is 2.22. The summed E-state index contributed by atoms with van der Waals surface area (Å²) in [6, 6.07) is 10.1. The molecule has 1 fully saturated rings. The molecule has 30 heavy (non-hydrogen) atoms. The van der Waals surface area contributed by atoms with Crippen molar-refractivity contribution in [2.45, 2.75) is 12.8 Å². The predicted octanol–water partition coefficient (Wildman–Crippen LogP) is 1.35. The van der Waals surface area contributed by atoms with Crippen molar-refractivity contribution in [2.24, 2.45) is 5.92 Å². The van der Waals surface area contributed by atoms with Crippen LogP contribution >= 0.6 is 0 Å². The summed E-state index contributed by atoms with van der Waals surface area (Å²) in [5, 5.41) is 2.82. The van der Waals surface area contributed by atoms with Crippen molar-refractivity contribution in [3.8, 4) is 0 Å². The Labute approximate surface area is 173 Å². The third-order valence-electron chi connectivity index (χ3n) is 5.58. The topological polar surface area (TPSA) is 99.7 Å². The smallest absolute Gasteiger partial charge is 0.262 e. The molecule has 1 saturated heterocycles. The number of fused-ring (bicyclic) bond motifs is 1. The minimum Gasteiger partial charge on any atom is -0.354 e. The number of benzene rings is 1. The summed E-state index contributed by atoms with van der Waals surface area (Å²) < 4.78 is 0. The number of pyridine rings is 1. The Kier molecular flexibility index (Phi) is 5.56. The van der Waals surface area contributed by atoms with Crippen molar-refractivity contribution in [3.63, 3.8) is 0 Å². The standard InChI is InChI=1S/C22H22N4O4/c27-19(14-26-21(29)17-5-1-2-6-18(17)22(26)30)24-12-15-7-10-25(11-8-15)20(28)16-4-3-9-23-13-16/h1-6,9,13,15H,7-8,10-12,14H2,(H,24,27). The Hall–Kier alpha value is -3.55. The Balaban J connectivity index is 1.24. The van der Waals surface area contributed by atoms with Gasteiger partial charge >= 0.3 is 0 Å². The van der Waals surface area contributed by atoms with Gasteiger partial charge in [-0.05, 0) is 43.0 Å². The van der Waals surface area contributed by atoms with Gasteiger partial charge < -0.3 is 10.2 Å². The van der Waals surface area contributed by atoms with Gasteiger partial charge in [-0.2, -0.15) is 0 Å². The fourth-order valence-electron chi connectivity index (χ4n) is 3.85. The van der Waals surface area contributed by atoms with Gasteiger partial charge in [-0.25, -0.2) is 0 Å². The molecular formula is C22H22N4O4. The number of nitrogens with one attached hydrogen (secondary N) is 1. The average molecular weight is 406 g/mol. The van der Waals surface area contributed by atoms with Crippen LogP contribution in [0.25, 0.3) is 0 Å². The SMILES string of the molecule is O=C(CN1C(=O)c2ccccc2C1=O)NCC1CCN(C(=O)c2cccnc2)CC1. The second-order valence-corrected chi connectivity index (χ2v) is 7.52. The normalized spacial score (nSPS) is 16.5. The van der Waals surface area contributed by atoms with E-state index in [9.17, 15) is 19.2 Å². The number of likely N-dealkylation sites (tertiary alicyclic amines) is 1. The summed E-state index contributed by atoms with van der Waals surface area (Å²) >= 11 is 0. The zero-order chi connectivity index (χ0) is 21.1. The number of carbonyl (C=O) groups is 4. The monoisotopic (exact) mass is 406 g/mol. The van der Waals surface area contributed by atoms with Crippen LogP contribution in [0.4, 0.5) is 0 Å². The Morgan fingerprint density at radius 1 is 1.00 bits per heavy atom. The molecule has 4 amide bonds. The van der Waals surface area contributed by atoms with Crippen LogP contribution in [0.15, 0.2) is 48.8 Å². The van der Waals surface area contributed by atoms with Crippen LogP contribution in [0.1, 0.15) is 43.9 Å². The number of hydrogen-bond acceptors (Lipinski definition) is 5. The summed E-state index contributed by atoms with van der Waals surface area (Å²) in [5.74, 6) is -1.02. The van der Waals surface area contributed by atoms with Crippen LogP contribution in [-0.2, 0) is 4.79 Å². The molecule has 0 unspecified atom stereocenters. The fourth-order valence-corrected chi connectivity index (χ4v) is 3.85. The van der Waals surface area contributed by atoms with Gasteiger partial charge in [0.25, 0.3) is 17.7 Å². The maximum atomic E-state index is 12.5. The number of aromatic nitrogens is 1. The summed E-state index contributed by atoms with van der Waals surface area (Å²) in [7, 11) is 0. The summed E-state index contributed by atoms with van der Waals surface area (Å²) in [4.78, 5) is 56.2. The number of imide groups is 1. The number of hydrogen-bond donors (Lipinski definition) is 1. The largest absolute Gasteiger partial charge is 0.354 e. The minimum absolute atomic E-state index is 0.0313. The minimum atomic E-state index is -0.437. The van der Waals surface area contributed by atoms with E-state index in [-0.39, 0.29) is 24.3 Å². The fraction of sp³-hybridized carbons (Fsp3) is 0.318. The highest BCUT2D eigenvalue weighted by atomic mass is 16.2. The van der Waals surface area contributed by atoms with E-state index >= 15 is 0 Å². The summed E-state index contributed by atoms with van der Waals surface area (Å²) in [5.41, 5.74) is 1.24. The lowest BCUT2D eigenvalue weighted by atomic mass is 9.96. The first-order valence-electron chi connectivity index (χ1n) is 9.96. The van der Waals surface area contributed by atoms with Crippen LogP contribution in [0, 0.1) is 5.92 Å². The summed E-state index contributed by atoms with van der Waals surface area (Å²) in [6.45, 7) is 1.40. The molecule has 0 bridgehead atoms. The molecule has 2 aliphatic heterocycles. The molecule has 8 nitrogen and oxygen atoms in total. The van der Waals surface area contributed by atoms with Gasteiger partial charge in [0.2, 0.25) is 5.91 Å². The third kappa shape index (κ3) is 3.94. The molecule has 0 radical (unpaired) electrons. The molecule has 1 aromatic carbocycles. The molecule has 0 aliphatic carbocycles. The zero-order valence-corrected chi connectivity index (χ0v) is 16.4. The highest BCUT2D eigenvalue weighted by Gasteiger charge is 2.36. The van der Waals surface area contributed by atoms with Crippen molar-refractivity contribution in [1.82, 2.24) is 20.1 Å². The van der Waals surface area contributed by atoms with Gasteiger partial charge in [0.05, 0.1) is 16.7 Å². The zero-order valence-electron chi connectivity index (χ0n) is 16.4. The molecule has 0 spiro atoms. The highest BCUT2D eigenvalue weighted by molar-refractivity contribution is 6.22.